The summed E-state index contributed by atoms with van der Waals surface area (Å²) in [6.07, 6.45) is 1.14. The standard InChI is InChI=1S/C23H21.2ClH.Zr/c1-16(2)12-17-13-20-8-5-9-22(23(20)14-17)21-11-10-18-6-3-4-7-19(18)15-21;;;/h3-11,13-16H,12H2,1-2H3;2*1H;/q-1;;;+3/p-2. The molecule has 0 heterocycles. The molecule has 0 N–H and O–H groups in total. The van der Waals surface area contributed by atoms with Gasteiger partial charge in [0.15, 0.2) is 0 Å². The van der Waals surface area contributed by atoms with Crippen LogP contribution in [-0.2, 0) is 32.6 Å². The van der Waals surface area contributed by atoms with E-state index in [0.717, 1.165) is 6.42 Å². The summed E-state index contributed by atoms with van der Waals surface area (Å²) in [5.41, 5.74) is 4.09. The molecular formula is C23H21Cl2Zr. The third-order valence-electron chi connectivity index (χ3n) is 4.51. The third-order valence-corrected chi connectivity index (χ3v) is 4.51. The SMILES string of the molecule is CC(C)Cc1cc2c(-c3ccc4ccccc4c3)cccc2[cH-]1.[Cl-].[Cl-].[Zr+3]. The van der Waals surface area contributed by atoms with Gasteiger partial charge in [-0.25, -0.2) is 0 Å². The van der Waals surface area contributed by atoms with E-state index in [-0.39, 0.29) is 51.0 Å². The predicted octanol–water partition coefficient (Wildman–Crippen LogP) is 0.583. The number of hydrogen-bond acceptors (Lipinski definition) is 0. The third kappa shape index (κ3) is 4.63. The van der Waals surface area contributed by atoms with Gasteiger partial charge in [-0.1, -0.05) is 61.9 Å². The van der Waals surface area contributed by atoms with Crippen molar-refractivity contribution in [2.24, 2.45) is 5.92 Å². The van der Waals surface area contributed by atoms with Crippen molar-refractivity contribution in [2.45, 2.75) is 20.3 Å². The molecule has 0 amide bonds. The van der Waals surface area contributed by atoms with Gasteiger partial charge in [-0.2, -0.15) is 6.07 Å². The molecule has 0 aliphatic heterocycles. The smallest absolute Gasteiger partial charge is 1.00 e. The summed E-state index contributed by atoms with van der Waals surface area (Å²) in [7, 11) is 0. The van der Waals surface area contributed by atoms with E-state index in [1.54, 1.807) is 0 Å². The van der Waals surface area contributed by atoms with Crippen LogP contribution < -0.4 is 24.8 Å². The molecule has 4 rings (SSSR count). The Balaban J connectivity index is 0.00000113. The van der Waals surface area contributed by atoms with E-state index in [1.807, 2.05) is 0 Å². The summed E-state index contributed by atoms with van der Waals surface area (Å²) < 4.78 is 0. The monoisotopic (exact) mass is 457 g/mol. The predicted molar refractivity (Wildman–Crippen MR) is 101 cm³/mol. The largest absolute Gasteiger partial charge is 3.00 e. The number of rotatable bonds is 3. The van der Waals surface area contributed by atoms with Crippen LogP contribution in [0.25, 0.3) is 32.7 Å². The van der Waals surface area contributed by atoms with E-state index in [0.29, 0.717) is 5.92 Å². The first kappa shape index (κ1) is 23.0. The van der Waals surface area contributed by atoms with Gasteiger partial charge in [-0.3, -0.25) is 0 Å². The molecule has 4 aromatic rings. The fourth-order valence-corrected chi connectivity index (χ4v) is 3.49. The molecule has 0 saturated carbocycles. The molecule has 0 fully saturated rings. The summed E-state index contributed by atoms with van der Waals surface area (Å²) in [6, 6.07) is 26.7. The van der Waals surface area contributed by atoms with E-state index in [4.69, 9.17) is 0 Å². The van der Waals surface area contributed by atoms with Gasteiger partial charge in [0.25, 0.3) is 0 Å². The molecule has 4 aromatic carbocycles. The molecule has 0 unspecified atom stereocenters. The Hall–Kier alpha value is -1.01. The topological polar surface area (TPSA) is 0 Å². The molecule has 131 valence electrons. The Morgan fingerprint density at radius 1 is 0.808 bits per heavy atom. The van der Waals surface area contributed by atoms with Crippen LogP contribution in [0.15, 0.2) is 72.8 Å². The summed E-state index contributed by atoms with van der Waals surface area (Å²) in [4.78, 5) is 0. The van der Waals surface area contributed by atoms with Gasteiger partial charge in [-0.05, 0) is 34.7 Å². The Morgan fingerprint density at radius 3 is 2.27 bits per heavy atom. The van der Waals surface area contributed by atoms with Crippen molar-refractivity contribution in [2.75, 3.05) is 0 Å². The molecule has 26 heavy (non-hydrogen) atoms. The van der Waals surface area contributed by atoms with Crippen molar-refractivity contribution in [3.8, 4) is 11.1 Å². The van der Waals surface area contributed by atoms with Crippen molar-refractivity contribution in [1.29, 1.82) is 0 Å². The van der Waals surface area contributed by atoms with Gasteiger partial charge in [-0.15, -0.1) is 34.5 Å². The average Bonchev–Trinajstić information content (AvgIpc) is 2.95. The molecule has 0 saturated heterocycles. The molecule has 0 nitrogen and oxygen atoms in total. The second kappa shape index (κ2) is 9.79. The number of fused-ring (bicyclic) bond motifs is 2. The van der Waals surface area contributed by atoms with Crippen LogP contribution in [0.3, 0.4) is 0 Å². The molecule has 0 aliphatic carbocycles. The van der Waals surface area contributed by atoms with Crippen LogP contribution >= 0.6 is 0 Å². The molecular weight excluding hydrogens is 438 g/mol. The average molecular weight is 460 g/mol. The summed E-state index contributed by atoms with van der Waals surface area (Å²) >= 11 is 0. The van der Waals surface area contributed by atoms with Crippen molar-refractivity contribution in [3.05, 3.63) is 78.4 Å². The fourth-order valence-electron chi connectivity index (χ4n) is 3.49. The van der Waals surface area contributed by atoms with Gasteiger partial charge >= 0.3 is 26.2 Å². The number of halogens is 2. The molecule has 0 aromatic heterocycles. The van der Waals surface area contributed by atoms with Crippen LogP contribution in [0.2, 0.25) is 0 Å². The maximum atomic E-state index is 2.37. The fraction of sp³-hybridized carbons (Fsp3) is 0.174. The van der Waals surface area contributed by atoms with Crippen LogP contribution in [0.4, 0.5) is 0 Å². The van der Waals surface area contributed by atoms with Gasteiger partial charge in [0.1, 0.15) is 0 Å². The van der Waals surface area contributed by atoms with Gasteiger partial charge in [0, 0.05) is 0 Å². The molecule has 0 aliphatic rings. The molecule has 1 radical (unpaired) electrons. The first-order chi connectivity index (χ1) is 11.2. The van der Waals surface area contributed by atoms with Crippen molar-refractivity contribution >= 4 is 21.5 Å². The van der Waals surface area contributed by atoms with E-state index < -0.39 is 0 Å². The Labute approximate surface area is 187 Å². The molecule has 3 heteroatoms. The maximum Gasteiger partial charge on any atom is 3.00 e. The quantitative estimate of drug-likeness (QED) is 0.394. The maximum absolute atomic E-state index is 2.37. The van der Waals surface area contributed by atoms with Crippen LogP contribution in [-0.4, -0.2) is 0 Å². The molecule has 0 bridgehead atoms. The molecule has 0 atom stereocenters. The zero-order valence-electron chi connectivity index (χ0n) is 15.0. The minimum atomic E-state index is 0. The zero-order chi connectivity index (χ0) is 15.8. The number of hydrogen-bond donors (Lipinski definition) is 0. The Morgan fingerprint density at radius 2 is 1.54 bits per heavy atom. The van der Waals surface area contributed by atoms with E-state index in [9.17, 15) is 0 Å². The minimum absolute atomic E-state index is 0. The minimum Gasteiger partial charge on any atom is -1.00 e. The van der Waals surface area contributed by atoms with Crippen molar-refractivity contribution in [3.63, 3.8) is 0 Å². The van der Waals surface area contributed by atoms with Gasteiger partial charge in [0.05, 0.1) is 0 Å². The summed E-state index contributed by atoms with van der Waals surface area (Å²) in [6.45, 7) is 4.56. The van der Waals surface area contributed by atoms with Crippen LogP contribution in [0.1, 0.15) is 19.4 Å². The Bertz CT molecular complexity index is 986. The van der Waals surface area contributed by atoms with Crippen LogP contribution in [0.5, 0.6) is 0 Å². The summed E-state index contributed by atoms with van der Waals surface area (Å²) in [5.74, 6) is 0.691. The summed E-state index contributed by atoms with van der Waals surface area (Å²) in [5, 5.41) is 5.33. The second-order valence-corrected chi connectivity index (χ2v) is 6.83. The first-order valence-electron chi connectivity index (χ1n) is 8.38. The number of benzene rings is 3. The zero-order valence-corrected chi connectivity index (χ0v) is 18.9. The van der Waals surface area contributed by atoms with Crippen LogP contribution in [0, 0.1) is 5.92 Å². The van der Waals surface area contributed by atoms with E-state index in [2.05, 4.69) is 86.6 Å². The van der Waals surface area contributed by atoms with E-state index >= 15 is 0 Å². The van der Waals surface area contributed by atoms with Crippen molar-refractivity contribution in [1.82, 2.24) is 0 Å². The Kier molecular flexibility index (Phi) is 8.67. The second-order valence-electron chi connectivity index (χ2n) is 6.83. The molecule has 0 spiro atoms. The van der Waals surface area contributed by atoms with Gasteiger partial charge < -0.3 is 24.8 Å². The first-order valence-corrected chi connectivity index (χ1v) is 8.38. The van der Waals surface area contributed by atoms with Gasteiger partial charge in [0.2, 0.25) is 0 Å². The normalized spacial score (nSPS) is 10.3. The van der Waals surface area contributed by atoms with E-state index in [1.165, 1.54) is 38.2 Å². The van der Waals surface area contributed by atoms with Crippen molar-refractivity contribution < 1.29 is 51.0 Å².